The lowest BCUT2D eigenvalue weighted by Crippen LogP contribution is -2.39. The summed E-state index contributed by atoms with van der Waals surface area (Å²) in [5, 5.41) is 5.55. The van der Waals surface area contributed by atoms with Crippen LogP contribution in [0.5, 0.6) is 0 Å². The summed E-state index contributed by atoms with van der Waals surface area (Å²) in [5.41, 5.74) is 1.81. The minimum atomic E-state index is -0.431. The first kappa shape index (κ1) is 17.7. The Morgan fingerprint density at radius 1 is 0.917 bits per heavy atom. The molecule has 0 fully saturated rings. The van der Waals surface area contributed by atoms with E-state index in [1.54, 1.807) is 36.4 Å². The highest BCUT2D eigenvalue weighted by atomic mass is 35.5. The van der Waals surface area contributed by atoms with E-state index in [1.165, 1.54) is 0 Å². The number of halogens is 1. The number of benzene rings is 2. The number of ketones is 1. The number of rotatable bonds is 6. The van der Waals surface area contributed by atoms with E-state index in [-0.39, 0.29) is 24.8 Å². The predicted molar refractivity (Wildman–Crippen MR) is 92.3 cm³/mol. The van der Waals surface area contributed by atoms with Gasteiger partial charge in [-0.25, -0.2) is 0 Å². The van der Waals surface area contributed by atoms with Gasteiger partial charge in [-0.1, -0.05) is 29.8 Å². The quantitative estimate of drug-likeness (QED) is 0.790. The Bertz CT molecular complexity index is 757. The average molecular weight is 345 g/mol. The van der Waals surface area contributed by atoms with Crippen LogP contribution < -0.4 is 10.6 Å². The molecule has 2 rings (SSSR count). The predicted octanol–water partition coefficient (Wildman–Crippen LogP) is 2.38. The van der Waals surface area contributed by atoms with E-state index >= 15 is 0 Å². The van der Waals surface area contributed by atoms with Crippen molar-refractivity contribution in [1.29, 1.82) is 0 Å². The van der Waals surface area contributed by atoms with Gasteiger partial charge in [-0.05, 0) is 42.8 Å². The van der Waals surface area contributed by atoms with Crippen molar-refractivity contribution < 1.29 is 14.4 Å². The molecule has 5 nitrogen and oxygen atoms in total. The third-order valence-electron chi connectivity index (χ3n) is 3.41. The zero-order chi connectivity index (χ0) is 17.5. The Kier molecular flexibility index (Phi) is 6.09. The fourth-order valence-corrected chi connectivity index (χ4v) is 2.19. The second-order valence-electron chi connectivity index (χ2n) is 5.20. The number of aryl methyl sites for hydroxylation is 1. The molecular weight excluding hydrogens is 328 g/mol. The molecule has 0 aliphatic carbocycles. The summed E-state index contributed by atoms with van der Waals surface area (Å²) in [7, 11) is 0. The van der Waals surface area contributed by atoms with Gasteiger partial charge in [0.2, 0.25) is 5.91 Å². The third-order valence-corrected chi connectivity index (χ3v) is 3.66. The molecule has 0 spiro atoms. The minimum absolute atomic E-state index is 0.138. The van der Waals surface area contributed by atoms with Crippen LogP contribution in [0.3, 0.4) is 0 Å². The van der Waals surface area contributed by atoms with Crippen LogP contribution in [0.2, 0.25) is 5.02 Å². The molecule has 24 heavy (non-hydrogen) atoms. The molecule has 6 heteroatoms. The van der Waals surface area contributed by atoms with E-state index in [9.17, 15) is 14.4 Å². The molecule has 0 atom stereocenters. The van der Waals surface area contributed by atoms with Crippen molar-refractivity contribution in [3.8, 4) is 0 Å². The zero-order valence-electron chi connectivity index (χ0n) is 13.1. The lowest BCUT2D eigenvalue weighted by molar-refractivity contribution is -0.119. The number of carbonyl (C=O) groups is 3. The molecule has 0 bridgehead atoms. The molecule has 2 aromatic rings. The maximum atomic E-state index is 12.0. The van der Waals surface area contributed by atoms with Crippen LogP contribution in [0.15, 0.2) is 48.5 Å². The number of carbonyl (C=O) groups excluding carboxylic acids is 3. The third kappa shape index (κ3) is 4.93. The van der Waals surface area contributed by atoms with Gasteiger partial charge in [0, 0.05) is 16.1 Å². The first-order chi connectivity index (χ1) is 11.5. The van der Waals surface area contributed by atoms with E-state index in [2.05, 4.69) is 10.6 Å². The van der Waals surface area contributed by atoms with Crippen LogP contribution in [0.4, 0.5) is 0 Å². The number of Topliss-reactive ketones (excluding diaryl/α,β-unsaturated/α-hetero) is 1. The van der Waals surface area contributed by atoms with E-state index in [0.29, 0.717) is 16.1 Å². The first-order valence-corrected chi connectivity index (χ1v) is 7.74. The maximum Gasteiger partial charge on any atom is 0.251 e. The summed E-state index contributed by atoms with van der Waals surface area (Å²) in [6.45, 7) is 1.49. The molecule has 0 heterocycles. The summed E-state index contributed by atoms with van der Waals surface area (Å²) < 4.78 is 0. The molecule has 2 amide bonds. The van der Waals surface area contributed by atoms with E-state index in [0.717, 1.165) is 5.56 Å². The highest BCUT2D eigenvalue weighted by molar-refractivity contribution is 6.30. The molecule has 0 aliphatic heterocycles. The summed E-state index contributed by atoms with van der Waals surface area (Å²) >= 11 is 5.76. The number of hydrogen-bond acceptors (Lipinski definition) is 3. The fraction of sp³-hybridized carbons (Fsp3) is 0.167. The van der Waals surface area contributed by atoms with Gasteiger partial charge in [0.05, 0.1) is 13.1 Å². The van der Waals surface area contributed by atoms with Crippen LogP contribution in [0.25, 0.3) is 0 Å². The van der Waals surface area contributed by atoms with Crippen LogP contribution in [-0.4, -0.2) is 30.7 Å². The summed E-state index contributed by atoms with van der Waals surface area (Å²) in [5.74, 6) is -0.989. The molecule has 0 saturated carbocycles. The molecule has 2 N–H and O–H groups in total. The van der Waals surface area contributed by atoms with Gasteiger partial charge < -0.3 is 10.6 Å². The summed E-state index contributed by atoms with van der Waals surface area (Å²) in [6, 6.07) is 13.5. The number of amides is 2. The van der Waals surface area contributed by atoms with Gasteiger partial charge in [-0.3, -0.25) is 14.4 Å². The van der Waals surface area contributed by atoms with Crippen molar-refractivity contribution in [1.82, 2.24) is 10.6 Å². The Morgan fingerprint density at radius 2 is 1.58 bits per heavy atom. The standard InChI is InChI=1S/C18H17ClN2O3/c1-12-4-2-3-5-15(12)18(24)21-11-17(23)20-10-16(22)13-6-8-14(19)9-7-13/h2-9H,10-11H2,1H3,(H,20,23)(H,21,24). The molecule has 0 aromatic heterocycles. The molecule has 124 valence electrons. The minimum Gasteiger partial charge on any atom is -0.347 e. The van der Waals surface area contributed by atoms with Gasteiger partial charge in [0.25, 0.3) is 5.91 Å². The van der Waals surface area contributed by atoms with Crippen molar-refractivity contribution in [3.63, 3.8) is 0 Å². The van der Waals surface area contributed by atoms with E-state index in [4.69, 9.17) is 11.6 Å². The number of nitrogens with one attached hydrogen (secondary N) is 2. The highest BCUT2D eigenvalue weighted by Crippen LogP contribution is 2.09. The van der Waals surface area contributed by atoms with Gasteiger partial charge in [0.1, 0.15) is 0 Å². The Morgan fingerprint density at radius 3 is 2.25 bits per heavy atom. The first-order valence-electron chi connectivity index (χ1n) is 7.36. The van der Waals surface area contributed by atoms with Crippen molar-refractivity contribution >= 4 is 29.2 Å². The van der Waals surface area contributed by atoms with Crippen LogP contribution >= 0.6 is 11.6 Å². The Balaban J connectivity index is 1.79. The van der Waals surface area contributed by atoms with E-state index < -0.39 is 5.91 Å². The SMILES string of the molecule is Cc1ccccc1C(=O)NCC(=O)NCC(=O)c1ccc(Cl)cc1. The van der Waals surface area contributed by atoms with Crippen LogP contribution in [0.1, 0.15) is 26.3 Å². The van der Waals surface area contributed by atoms with E-state index in [1.807, 2.05) is 19.1 Å². The molecular formula is C18H17ClN2O3. The van der Waals surface area contributed by atoms with Gasteiger partial charge in [-0.2, -0.15) is 0 Å². The highest BCUT2D eigenvalue weighted by Gasteiger charge is 2.11. The molecule has 0 aliphatic rings. The summed E-state index contributed by atoms with van der Waals surface area (Å²) in [6.07, 6.45) is 0. The van der Waals surface area contributed by atoms with Crippen LogP contribution in [-0.2, 0) is 4.79 Å². The van der Waals surface area contributed by atoms with Gasteiger partial charge >= 0.3 is 0 Å². The second kappa shape index (κ2) is 8.26. The summed E-state index contributed by atoms with van der Waals surface area (Å²) in [4.78, 5) is 35.7. The van der Waals surface area contributed by atoms with Crippen LogP contribution in [0, 0.1) is 6.92 Å². The van der Waals surface area contributed by atoms with Gasteiger partial charge in [-0.15, -0.1) is 0 Å². The molecule has 0 radical (unpaired) electrons. The smallest absolute Gasteiger partial charge is 0.251 e. The zero-order valence-corrected chi connectivity index (χ0v) is 13.9. The average Bonchev–Trinajstić information content (AvgIpc) is 2.58. The van der Waals surface area contributed by atoms with Crippen molar-refractivity contribution in [3.05, 3.63) is 70.2 Å². The number of hydrogen-bond donors (Lipinski definition) is 2. The lowest BCUT2D eigenvalue weighted by atomic mass is 10.1. The molecule has 0 saturated heterocycles. The monoisotopic (exact) mass is 344 g/mol. The Hall–Kier alpha value is -2.66. The largest absolute Gasteiger partial charge is 0.347 e. The maximum absolute atomic E-state index is 12.0. The van der Waals surface area contributed by atoms with Crippen molar-refractivity contribution in [2.24, 2.45) is 0 Å². The molecule has 2 aromatic carbocycles. The Labute approximate surface area is 145 Å². The van der Waals surface area contributed by atoms with Crippen molar-refractivity contribution in [2.45, 2.75) is 6.92 Å². The lowest BCUT2D eigenvalue weighted by Gasteiger charge is -2.08. The van der Waals surface area contributed by atoms with Crippen molar-refractivity contribution in [2.75, 3.05) is 13.1 Å². The second-order valence-corrected chi connectivity index (χ2v) is 5.64. The van der Waals surface area contributed by atoms with Gasteiger partial charge in [0.15, 0.2) is 5.78 Å². The fourth-order valence-electron chi connectivity index (χ4n) is 2.06. The topological polar surface area (TPSA) is 75.3 Å². The normalized spacial score (nSPS) is 10.1. The molecule has 0 unspecified atom stereocenters.